The third kappa shape index (κ3) is 1.60. The predicted molar refractivity (Wildman–Crippen MR) is 57.2 cm³/mol. The van der Waals surface area contributed by atoms with Crippen LogP contribution in [0.4, 0.5) is 0 Å². The van der Waals surface area contributed by atoms with Crippen LogP contribution in [-0.4, -0.2) is 11.6 Å². The molecule has 1 aliphatic heterocycles. The minimum absolute atomic E-state index is 0.0217. The molecule has 0 aromatic rings. The lowest BCUT2D eigenvalue weighted by atomic mass is 9.90. The van der Waals surface area contributed by atoms with Crippen molar-refractivity contribution in [3.63, 3.8) is 0 Å². The first-order valence-electron chi connectivity index (χ1n) is 4.99. The fraction of sp³-hybridized carbons (Fsp3) is 0.333. The number of hydrogen-bond donors (Lipinski definition) is 0. The molecule has 0 aromatic carbocycles. The van der Waals surface area contributed by atoms with Crippen molar-refractivity contribution in [2.24, 2.45) is 10.9 Å². The van der Waals surface area contributed by atoms with Gasteiger partial charge in [0, 0.05) is 5.71 Å². The molecule has 1 amide bonds. The summed E-state index contributed by atoms with van der Waals surface area (Å²) in [6.45, 7) is 2.09. The van der Waals surface area contributed by atoms with Crippen molar-refractivity contribution in [3.05, 3.63) is 36.0 Å². The van der Waals surface area contributed by atoms with E-state index in [-0.39, 0.29) is 11.8 Å². The third-order valence-corrected chi connectivity index (χ3v) is 2.42. The van der Waals surface area contributed by atoms with Crippen molar-refractivity contribution in [2.75, 3.05) is 0 Å². The topological polar surface area (TPSA) is 29.4 Å². The highest BCUT2D eigenvalue weighted by Crippen LogP contribution is 2.24. The molecule has 1 atom stereocenters. The van der Waals surface area contributed by atoms with Crippen molar-refractivity contribution < 1.29 is 4.79 Å². The quantitative estimate of drug-likeness (QED) is 0.652. The molecule has 1 heterocycles. The maximum Gasteiger partial charge on any atom is 0.257 e. The van der Waals surface area contributed by atoms with Gasteiger partial charge in [0.1, 0.15) is 0 Å². The smallest absolute Gasteiger partial charge is 0.257 e. The number of carbonyl (C=O) groups is 1. The Morgan fingerprint density at radius 3 is 3.07 bits per heavy atom. The van der Waals surface area contributed by atoms with Crippen LogP contribution < -0.4 is 0 Å². The minimum Gasteiger partial charge on any atom is -0.272 e. The number of fused-ring (bicyclic) bond motifs is 1. The van der Waals surface area contributed by atoms with E-state index in [0.29, 0.717) is 0 Å². The van der Waals surface area contributed by atoms with E-state index < -0.39 is 0 Å². The fourth-order valence-electron chi connectivity index (χ4n) is 1.74. The van der Waals surface area contributed by atoms with Gasteiger partial charge in [0.2, 0.25) is 0 Å². The lowest BCUT2D eigenvalue weighted by molar-refractivity contribution is -0.119. The number of carbonyl (C=O) groups excluding carboxylic acids is 1. The SMILES string of the molecule is CCCC1=NC(=O)C2C=CC=CC2=C1. The van der Waals surface area contributed by atoms with Gasteiger partial charge >= 0.3 is 0 Å². The summed E-state index contributed by atoms with van der Waals surface area (Å²) in [5.74, 6) is -0.146. The van der Waals surface area contributed by atoms with E-state index in [0.717, 1.165) is 24.1 Å². The van der Waals surface area contributed by atoms with Gasteiger partial charge in [-0.3, -0.25) is 4.79 Å². The van der Waals surface area contributed by atoms with E-state index in [2.05, 4.69) is 11.9 Å². The molecule has 72 valence electrons. The van der Waals surface area contributed by atoms with Gasteiger partial charge in [0.25, 0.3) is 5.91 Å². The van der Waals surface area contributed by atoms with Gasteiger partial charge in [0.15, 0.2) is 0 Å². The Morgan fingerprint density at radius 1 is 1.43 bits per heavy atom. The van der Waals surface area contributed by atoms with Crippen molar-refractivity contribution in [2.45, 2.75) is 19.8 Å². The normalized spacial score (nSPS) is 24.4. The van der Waals surface area contributed by atoms with Crippen LogP contribution in [0.1, 0.15) is 19.8 Å². The molecule has 2 heteroatoms. The average molecular weight is 187 g/mol. The standard InChI is InChI=1S/C12H13NO/c1-2-5-10-8-9-6-3-4-7-11(9)12(14)13-10/h3-4,6-8,11H,2,5H2,1H3. The third-order valence-electron chi connectivity index (χ3n) is 2.42. The summed E-state index contributed by atoms with van der Waals surface area (Å²) < 4.78 is 0. The Balaban J connectivity index is 2.29. The summed E-state index contributed by atoms with van der Waals surface area (Å²) in [7, 11) is 0. The lowest BCUT2D eigenvalue weighted by Crippen LogP contribution is -2.20. The van der Waals surface area contributed by atoms with Crippen molar-refractivity contribution >= 4 is 11.6 Å². The minimum atomic E-state index is -0.124. The van der Waals surface area contributed by atoms with Crippen molar-refractivity contribution in [3.8, 4) is 0 Å². The summed E-state index contributed by atoms with van der Waals surface area (Å²) >= 11 is 0. The lowest BCUT2D eigenvalue weighted by Gasteiger charge is -2.18. The Morgan fingerprint density at radius 2 is 2.29 bits per heavy atom. The molecule has 1 aliphatic carbocycles. The number of aliphatic imine (C=N–C) groups is 1. The van der Waals surface area contributed by atoms with Crippen LogP contribution in [0.25, 0.3) is 0 Å². The second kappa shape index (κ2) is 3.74. The van der Waals surface area contributed by atoms with Crippen LogP contribution in [0, 0.1) is 5.92 Å². The van der Waals surface area contributed by atoms with Gasteiger partial charge < -0.3 is 0 Å². The summed E-state index contributed by atoms with van der Waals surface area (Å²) in [4.78, 5) is 15.7. The molecular weight excluding hydrogens is 174 g/mol. The van der Waals surface area contributed by atoms with Gasteiger partial charge in [-0.05, 0) is 18.1 Å². The van der Waals surface area contributed by atoms with E-state index in [4.69, 9.17) is 0 Å². The summed E-state index contributed by atoms with van der Waals surface area (Å²) in [5.41, 5.74) is 2.00. The number of hydrogen-bond acceptors (Lipinski definition) is 1. The van der Waals surface area contributed by atoms with E-state index in [9.17, 15) is 4.79 Å². The highest BCUT2D eigenvalue weighted by Gasteiger charge is 2.23. The molecule has 0 saturated carbocycles. The summed E-state index contributed by atoms with van der Waals surface area (Å²) in [6.07, 6.45) is 11.7. The molecule has 14 heavy (non-hydrogen) atoms. The molecule has 0 fully saturated rings. The molecule has 2 rings (SSSR count). The van der Waals surface area contributed by atoms with Crippen molar-refractivity contribution in [1.29, 1.82) is 0 Å². The molecule has 2 aliphatic rings. The summed E-state index contributed by atoms with van der Waals surface area (Å²) in [5, 5.41) is 0. The van der Waals surface area contributed by atoms with Crippen LogP contribution in [-0.2, 0) is 4.79 Å². The molecule has 0 aromatic heterocycles. The maximum atomic E-state index is 11.6. The Labute approximate surface area is 83.7 Å². The number of amides is 1. The van der Waals surface area contributed by atoms with Crippen LogP contribution in [0.15, 0.2) is 40.9 Å². The molecule has 1 unspecified atom stereocenters. The van der Waals surface area contributed by atoms with Crippen LogP contribution in [0.3, 0.4) is 0 Å². The van der Waals surface area contributed by atoms with Gasteiger partial charge in [-0.1, -0.05) is 37.6 Å². The van der Waals surface area contributed by atoms with Gasteiger partial charge in [0.05, 0.1) is 5.92 Å². The Kier molecular flexibility index (Phi) is 2.44. The molecule has 0 radical (unpaired) electrons. The second-order valence-corrected chi connectivity index (χ2v) is 3.56. The maximum absolute atomic E-state index is 11.6. The predicted octanol–water partition coefficient (Wildman–Crippen LogP) is 2.44. The molecule has 0 saturated heterocycles. The number of allylic oxidation sites excluding steroid dienone is 4. The highest BCUT2D eigenvalue weighted by molar-refractivity contribution is 6.08. The van der Waals surface area contributed by atoms with Crippen molar-refractivity contribution in [1.82, 2.24) is 0 Å². The van der Waals surface area contributed by atoms with Crippen LogP contribution in [0.2, 0.25) is 0 Å². The molecule has 0 bridgehead atoms. The Bertz CT molecular complexity index is 372. The van der Waals surface area contributed by atoms with Crippen LogP contribution >= 0.6 is 0 Å². The molecule has 0 spiro atoms. The summed E-state index contributed by atoms with van der Waals surface area (Å²) in [6, 6.07) is 0. The first-order valence-corrected chi connectivity index (χ1v) is 4.99. The Hall–Kier alpha value is -1.44. The van der Waals surface area contributed by atoms with E-state index >= 15 is 0 Å². The van der Waals surface area contributed by atoms with Gasteiger partial charge in [-0.15, -0.1) is 0 Å². The molecule has 0 N–H and O–H groups in total. The first-order chi connectivity index (χ1) is 6.81. The number of dihydropyridines is 1. The zero-order valence-electron chi connectivity index (χ0n) is 8.23. The average Bonchev–Trinajstić information content (AvgIpc) is 2.18. The van der Waals surface area contributed by atoms with E-state index in [1.807, 2.05) is 30.4 Å². The van der Waals surface area contributed by atoms with E-state index in [1.54, 1.807) is 0 Å². The fourth-order valence-corrected chi connectivity index (χ4v) is 1.74. The monoisotopic (exact) mass is 187 g/mol. The molecular formula is C12H13NO. The zero-order valence-corrected chi connectivity index (χ0v) is 8.23. The second-order valence-electron chi connectivity index (χ2n) is 3.56. The van der Waals surface area contributed by atoms with E-state index in [1.165, 1.54) is 0 Å². The first kappa shape index (κ1) is 9.13. The number of rotatable bonds is 2. The van der Waals surface area contributed by atoms with Crippen LogP contribution in [0.5, 0.6) is 0 Å². The van der Waals surface area contributed by atoms with Gasteiger partial charge in [-0.2, -0.15) is 0 Å². The molecule has 2 nitrogen and oxygen atoms in total. The number of nitrogens with zero attached hydrogens (tertiary/aromatic N) is 1. The largest absolute Gasteiger partial charge is 0.272 e. The van der Waals surface area contributed by atoms with Gasteiger partial charge in [-0.25, -0.2) is 4.99 Å². The zero-order chi connectivity index (χ0) is 9.97. The highest BCUT2D eigenvalue weighted by atomic mass is 16.1.